The Bertz CT molecular complexity index is 633. The zero-order valence-electron chi connectivity index (χ0n) is 11.8. The van der Waals surface area contributed by atoms with Gasteiger partial charge in [0, 0.05) is 23.4 Å². The van der Waals surface area contributed by atoms with Crippen molar-refractivity contribution in [2.75, 3.05) is 13.2 Å². The quantitative estimate of drug-likeness (QED) is 0.918. The van der Waals surface area contributed by atoms with Crippen LogP contribution < -0.4 is 14.8 Å². The van der Waals surface area contributed by atoms with Gasteiger partial charge in [-0.3, -0.25) is 4.98 Å². The summed E-state index contributed by atoms with van der Waals surface area (Å²) in [4.78, 5) is 3.80. The van der Waals surface area contributed by atoms with Gasteiger partial charge in [0.25, 0.3) is 0 Å². The molecule has 110 valence electrons. The highest BCUT2D eigenvalue weighted by atomic mass is 19.1. The van der Waals surface area contributed by atoms with Crippen molar-refractivity contribution in [2.45, 2.75) is 19.6 Å². The molecule has 1 N–H and O–H groups in total. The molecule has 0 bridgehead atoms. The fourth-order valence-electron chi connectivity index (χ4n) is 2.40. The SMILES string of the molecule is CCNC1COc2cc(OCc3cncc(F)c3)ccc21. The second-order valence-corrected chi connectivity index (χ2v) is 4.92. The average Bonchev–Trinajstić information content (AvgIpc) is 2.88. The van der Waals surface area contributed by atoms with E-state index in [1.54, 1.807) is 6.20 Å². The monoisotopic (exact) mass is 288 g/mol. The van der Waals surface area contributed by atoms with Gasteiger partial charge in [-0.15, -0.1) is 0 Å². The Labute approximate surface area is 122 Å². The van der Waals surface area contributed by atoms with Gasteiger partial charge in [0.2, 0.25) is 0 Å². The topological polar surface area (TPSA) is 43.4 Å². The van der Waals surface area contributed by atoms with E-state index >= 15 is 0 Å². The van der Waals surface area contributed by atoms with Gasteiger partial charge in [-0.05, 0) is 24.7 Å². The van der Waals surface area contributed by atoms with E-state index in [-0.39, 0.29) is 18.5 Å². The van der Waals surface area contributed by atoms with Crippen LogP contribution in [0.4, 0.5) is 4.39 Å². The molecule has 1 aliphatic rings. The van der Waals surface area contributed by atoms with E-state index in [2.05, 4.69) is 17.2 Å². The predicted octanol–water partition coefficient (Wildman–Crippen LogP) is 2.84. The first-order valence-electron chi connectivity index (χ1n) is 6.98. The number of fused-ring (bicyclic) bond motifs is 1. The van der Waals surface area contributed by atoms with E-state index < -0.39 is 0 Å². The second-order valence-electron chi connectivity index (χ2n) is 4.92. The Morgan fingerprint density at radius 2 is 2.29 bits per heavy atom. The van der Waals surface area contributed by atoms with Crippen molar-refractivity contribution in [1.82, 2.24) is 10.3 Å². The van der Waals surface area contributed by atoms with Crippen LogP contribution in [-0.4, -0.2) is 18.1 Å². The molecule has 0 amide bonds. The maximum absolute atomic E-state index is 13.0. The van der Waals surface area contributed by atoms with Crippen LogP contribution in [-0.2, 0) is 6.61 Å². The summed E-state index contributed by atoms with van der Waals surface area (Å²) in [6, 6.07) is 7.45. The minimum atomic E-state index is -0.359. The summed E-state index contributed by atoms with van der Waals surface area (Å²) in [6.45, 7) is 3.89. The third-order valence-corrected chi connectivity index (χ3v) is 3.38. The van der Waals surface area contributed by atoms with Crippen molar-refractivity contribution < 1.29 is 13.9 Å². The van der Waals surface area contributed by atoms with Crippen LogP contribution in [0, 0.1) is 5.82 Å². The minimum absolute atomic E-state index is 0.242. The molecule has 1 aliphatic heterocycles. The molecule has 2 aromatic rings. The van der Waals surface area contributed by atoms with Gasteiger partial charge in [0.05, 0.1) is 12.2 Å². The molecule has 0 aliphatic carbocycles. The molecule has 1 atom stereocenters. The lowest BCUT2D eigenvalue weighted by atomic mass is 10.1. The van der Waals surface area contributed by atoms with Crippen LogP contribution >= 0.6 is 0 Å². The summed E-state index contributed by atoms with van der Waals surface area (Å²) in [5.74, 6) is 1.19. The van der Waals surface area contributed by atoms with Gasteiger partial charge >= 0.3 is 0 Å². The number of hydrogen-bond donors (Lipinski definition) is 1. The van der Waals surface area contributed by atoms with E-state index in [1.807, 2.05) is 18.2 Å². The van der Waals surface area contributed by atoms with E-state index in [9.17, 15) is 4.39 Å². The van der Waals surface area contributed by atoms with E-state index in [1.165, 1.54) is 12.3 Å². The highest BCUT2D eigenvalue weighted by Crippen LogP contribution is 2.35. The van der Waals surface area contributed by atoms with Crippen LogP contribution in [0.1, 0.15) is 24.1 Å². The van der Waals surface area contributed by atoms with Crippen LogP contribution in [0.2, 0.25) is 0 Å². The first-order chi connectivity index (χ1) is 10.3. The molecular formula is C16H17FN2O2. The number of aromatic nitrogens is 1. The standard InChI is InChI=1S/C16H17FN2O2/c1-2-19-15-10-21-16-6-13(3-4-14(15)16)20-9-11-5-12(17)8-18-7-11/h3-8,15,19H,2,9-10H2,1H3. The lowest BCUT2D eigenvalue weighted by molar-refractivity contribution is 0.297. The first kappa shape index (κ1) is 13.8. The number of hydrogen-bond acceptors (Lipinski definition) is 4. The summed E-state index contributed by atoms with van der Waals surface area (Å²) >= 11 is 0. The second kappa shape index (κ2) is 6.10. The Balaban J connectivity index is 1.68. The summed E-state index contributed by atoms with van der Waals surface area (Å²) in [7, 11) is 0. The summed E-state index contributed by atoms with van der Waals surface area (Å²) in [6.07, 6.45) is 2.77. The average molecular weight is 288 g/mol. The number of nitrogens with zero attached hydrogens (tertiary/aromatic N) is 1. The molecule has 21 heavy (non-hydrogen) atoms. The number of halogens is 1. The van der Waals surface area contributed by atoms with Crippen LogP contribution in [0.15, 0.2) is 36.7 Å². The maximum Gasteiger partial charge on any atom is 0.141 e. The normalized spacial score (nSPS) is 16.4. The molecule has 0 fully saturated rings. The van der Waals surface area contributed by atoms with Crippen molar-refractivity contribution in [3.63, 3.8) is 0 Å². The van der Waals surface area contributed by atoms with Gasteiger partial charge in [-0.2, -0.15) is 0 Å². The van der Waals surface area contributed by atoms with Gasteiger partial charge in [-0.25, -0.2) is 4.39 Å². The summed E-state index contributed by atoms with van der Waals surface area (Å²) < 4.78 is 24.4. The predicted molar refractivity (Wildman–Crippen MR) is 76.9 cm³/mol. The van der Waals surface area contributed by atoms with E-state index in [0.717, 1.165) is 17.9 Å². The van der Waals surface area contributed by atoms with Crippen molar-refractivity contribution >= 4 is 0 Å². The molecule has 2 heterocycles. The number of nitrogens with one attached hydrogen (secondary N) is 1. The van der Waals surface area contributed by atoms with E-state index in [0.29, 0.717) is 17.9 Å². The summed E-state index contributed by atoms with van der Waals surface area (Å²) in [5.41, 5.74) is 1.85. The lowest BCUT2D eigenvalue weighted by Gasteiger charge is -2.10. The lowest BCUT2D eigenvalue weighted by Crippen LogP contribution is -2.21. The van der Waals surface area contributed by atoms with Crippen LogP contribution in [0.5, 0.6) is 11.5 Å². The van der Waals surface area contributed by atoms with E-state index in [4.69, 9.17) is 9.47 Å². The van der Waals surface area contributed by atoms with Crippen molar-refractivity contribution in [2.24, 2.45) is 0 Å². The zero-order valence-corrected chi connectivity index (χ0v) is 11.8. The molecule has 1 aromatic heterocycles. The molecule has 3 rings (SSSR count). The molecule has 5 heteroatoms. The smallest absolute Gasteiger partial charge is 0.141 e. The number of benzene rings is 1. The van der Waals surface area contributed by atoms with Gasteiger partial charge in [0.15, 0.2) is 0 Å². The molecule has 0 saturated heterocycles. The fraction of sp³-hybridized carbons (Fsp3) is 0.312. The number of ether oxygens (including phenoxy) is 2. The van der Waals surface area contributed by atoms with Crippen molar-refractivity contribution in [1.29, 1.82) is 0 Å². The minimum Gasteiger partial charge on any atom is -0.491 e. The fourth-order valence-corrected chi connectivity index (χ4v) is 2.40. The van der Waals surface area contributed by atoms with Crippen LogP contribution in [0.3, 0.4) is 0 Å². The number of rotatable bonds is 5. The highest BCUT2D eigenvalue weighted by molar-refractivity contribution is 5.45. The Kier molecular flexibility index (Phi) is 4.01. The van der Waals surface area contributed by atoms with Crippen LogP contribution in [0.25, 0.3) is 0 Å². The van der Waals surface area contributed by atoms with Crippen molar-refractivity contribution in [3.05, 3.63) is 53.6 Å². The Morgan fingerprint density at radius 3 is 3.10 bits per heavy atom. The molecule has 1 unspecified atom stereocenters. The molecule has 0 saturated carbocycles. The van der Waals surface area contributed by atoms with Gasteiger partial charge in [-0.1, -0.05) is 6.92 Å². The largest absolute Gasteiger partial charge is 0.491 e. The maximum atomic E-state index is 13.0. The molecular weight excluding hydrogens is 271 g/mol. The number of likely N-dealkylation sites (N-methyl/N-ethyl adjacent to an activating group) is 1. The summed E-state index contributed by atoms with van der Waals surface area (Å²) in [5, 5.41) is 3.37. The third-order valence-electron chi connectivity index (χ3n) is 3.38. The Hall–Kier alpha value is -2.14. The number of pyridine rings is 1. The highest BCUT2D eigenvalue weighted by Gasteiger charge is 2.23. The Morgan fingerprint density at radius 1 is 1.38 bits per heavy atom. The molecule has 0 radical (unpaired) electrons. The third kappa shape index (κ3) is 3.13. The first-order valence-corrected chi connectivity index (χ1v) is 6.98. The molecule has 0 spiro atoms. The zero-order chi connectivity index (χ0) is 14.7. The molecule has 1 aromatic carbocycles. The van der Waals surface area contributed by atoms with Gasteiger partial charge in [0.1, 0.15) is 30.5 Å². The van der Waals surface area contributed by atoms with Gasteiger partial charge < -0.3 is 14.8 Å². The molecule has 4 nitrogen and oxygen atoms in total. The van der Waals surface area contributed by atoms with Crippen molar-refractivity contribution in [3.8, 4) is 11.5 Å².